The van der Waals surface area contributed by atoms with Crippen molar-refractivity contribution in [2.45, 2.75) is 110 Å². The van der Waals surface area contributed by atoms with E-state index >= 15 is 0 Å². The summed E-state index contributed by atoms with van der Waals surface area (Å²) < 4.78 is 50.9. The van der Waals surface area contributed by atoms with Crippen LogP contribution in [0.1, 0.15) is 90.8 Å². The monoisotopic (exact) mass is 808 g/mol. The van der Waals surface area contributed by atoms with Crippen LogP contribution < -0.4 is 10.1 Å². The predicted molar refractivity (Wildman–Crippen MR) is 207 cm³/mol. The third-order valence-corrected chi connectivity index (χ3v) is 13.4. The average Bonchev–Trinajstić information content (AvgIpc) is 3.83. The highest BCUT2D eigenvalue weighted by Gasteiger charge is 2.46. The number of ether oxygens (including phenoxy) is 4. The van der Waals surface area contributed by atoms with E-state index in [9.17, 15) is 22.8 Å². The summed E-state index contributed by atoms with van der Waals surface area (Å²) >= 11 is 1.56. The first-order chi connectivity index (χ1) is 25.3. The SMILES string of the molecule is CCOC(C)COc1cc([C@H](C(=O)N2C[C@H](OC(=O)OC(C)C(C)(C)SS(C)(=O)=O)C[C@H]2C(=O)N[C@@H](C)c2ccc(-c3scnc3C)cc2)C(C)C)on1. The number of rotatable bonds is 17. The largest absolute Gasteiger partial charge is 0.508 e. The van der Waals surface area contributed by atoms with Crippen molar-refractivity contribution in [1.29, 1.82) is 0 Å². The third kappa shape index (κ3) is 11.4. The number of aromatic nitrogens is 2. The summed E-state index contributed by atoms with van der Waals surface area (Å²) in [5, 5.41) is 7.05. The fourth-order valence-corrected chi connectivity index (χ4v) is 10.6. The molecule has 17 heteroatoms. The van der Waals surface area contributed by atoms with Gasteiger partial charge >= 0.3 is 6.16 Å². The molecule has 2 unspecified atom stereocenters. The van der Waals surface area contributed by atoms with E-state index in [4.69, 9.17) is 23.5 Å². The predicted octanol–water partition coefficient (Wildman–Crippen LogP) is 6.51. The molecule has 2 aromatic heterocycles. The van der Waals surface area contributed by atoms with Gasteiger partial charge in [-0.3, -0.25) is 9.59 Å². The van der Waals surface area contributed by atoms with Gasteiger partial charge in [-0.25, -0.2) is 18.2 Å². The summed E-state index contributed by atoms with van der Waals surface area (Å²) in [7, 11) is -2.76. The number of hydrogen-bond acceptors (Lipinski definition) is 14. The van der Waals surface area contributed by atoms with E-state index in [1.54, 1.807) is 43.7 Å². The lowest BCUT2D eigenvalue weighted by Gasteiger charge is -2.29. The van der Waals surface area contributed by atoms with Crippen molar-refractivity contribution in [2.75, 3.05) is 26.0 Å². The summed E-state index contributed by atoms with van der Waals surface area (Å²) in [5.74, 6) is -1.48. The summed E-state index contributed by atoms with van der Waals surface area (Å²) in [4.78, 5) is 48.3. The molecule has 0 bridgehead atoms. The van der Waals surface area contributed by atoms with Crippen LogP contribution in [0, 0.1) is 12.8 Å². The second-order valence-corrected chi connectivity index (χ2v) is 20.2. The molecule has 54 heavy (non-hydrogen) atoms. The van der Waals surface area contributed by atoms with Crippen LogP contribution in [0.2, 0.25) is 0 Å². The van der Waals surface area contributed by atoms with E-state index in [-0.39, 0.29) is 43.2 Å². The molecule has 14 nitrogen and oxygen atoms in total. The van der Waals surface area contributed by atoms with Gasteiger partial charge in [0.05, 0.1) is 39.5 Å². The van der Waals surface area contributed by atoms with Gasteiger partial charge in [-0.15, -0.1) is 11.3 Å². The van der Waals surface area contributed by atoms with Crippen LogP contribution in [0.4, 0.5) is 4.79 Å². The average molecular weight is 809 g/mol. The first-order valence-electron chi connectivity index (χ1n) is 17.9. The molecule has 3 aromatic rings. The Labute approximate surface area is 325 Å². The molecule has 4 rings (SSSR count). The van der Waals surface area contributed by atoms with Crippen LogP contribution >= 0.6 is 22.1 Å². The zero-order valence-electron chi connectivity index (χ0n) is 32.5. The zero-order chi connectivity index (χ0) is 40.0. The minimum Gasteiger partial charge on any atom is -0.473 e. The van der Waals surface area contributed by atoms with Gasteiger partial charge in [0, 0.05) is 25.3 Å². The molecular formula is C37H52N4O10S3. The highest BCUT2D eigenvalue weighted by Crippen LogP contribution is 2.36. The molecule has 6 atom stereocenters. The second-order valence-electron chi connectivity index (χ2n) is 14.4. The second kappa shape index (κ2) is 18.3. The lowest BCUT2D eigenvalue weighted by atomic mass is 9.91. The van der Waals surface area contributed by atoms with Crippen molar-refractivity contribution in [3.8, 4) is 16.3 Å². The number of nitrogens with one attached hydrogen (secondary N) is 1. The topological polar surface area (TPSA) is 176 Å². The first-order valence-corrected chi connectivity index (χ1v) is 22.0. The number of carbonyl (C=O) groups excluding carboxylic acids is 3. The molecular weight excluding hydrogens is 757 g/mol. The number of likely N-dealkylation sites (tertiary alicyclic amines) is 1. The molecule has 1 saturated heterocycles. The number of hydrogen-bond donors (Lipinski definition) is 1. The fraction of sp³-hybridized carbons (Fsp3) is 0.595. The molecule has 1 aliphatic heterocycles. The summed E-state index contributed by atoms with van der Waals surface area (Å²) in [6, 6.07) is 7.99. The highest BCUT2D eigenvalue weighted by atomic mass is 33.1. The van der Waals surface area contributed by atoms with Crippen LogP contribution in [0.15, 0.2) is 40.4 Å². The maximum absolute atomic E-state index is 14.4. The Kier molecular flexibility index (Phi) is 14.6. The Morgan fingerprint density at radius 2 is 1.81 bits per heavy atom. The number of amides is 2. The van der Waals surface area contributed by atoms with Crippen LogP contribution in [0.3, 0.4) is 0 Å². The number of carbonyl (C=O) groups is 3. The maximum Gasteiger partial charge on any atom is 0.508 e. The lowest BCUT2D eigenvalue weighted by molar-refractivity contribution is -0.141. The molecule has 0 aliphatic carbocycles. The Balaban J connectivity index is 1.54. The Morgan fingerprint density at radius 3 is 2.41 bits per heavy atom. The molecule has 3 heterocycles. The van der Waals surface area contributed by atoms with Crippen LogP contribution in [-0.2, 0) is 32.7 Å². The van der Waals surface area contributed by atoms with E-state index in [1.807, 2.05) is 65.8 Å². The van der Waals surface area contributed by atoms with Crippen molar-refractivity contribution in [3.05, 3.63) is 52.9 Å². The van der Waals surface area contributed by atoms with E-state index < -0.39 is 61.8 Å². The standard InChI is InChI=1S/C37H52N4O10S3/c1-11-47-22(4)19-48-31-17-30(51-40-31)32(21(2)3)35(43)41-18-28(50-36(44)49-25(7)37(8,9)53-54(10,45)46)16-29(41)34(42)39-23(5)26-12-14-27(15-13-26)33-24(6)38-20-52-33/h12-15,17,20-23,25,28-29,32H,11,16,18-19H2,1-10H3,(H,39,42)/t22?,23-,25?,28+,29-,32+/m0/s1. The van der Waals surface area contributed by atoms with E-state index in [0.717, 1.165) is 28.0 Å². The Bertz CT molecular complexity index is 1840. The quantitative estimate of drug-likeness (QED) is 0.116. The molecule has 1 fully saturated rings. The van der Waals surface area contributed by atoms with Crippen LogP contribution in [0.25, 0.3) is 10.4 Å². The zero-order valence-corrected chi connectivity index (χ0v) is 34.9. The van der Waals surface area contributed by atoms with Crippen molar-refractivity contribution >= 4 is 49.0 Å². The minimum atomic E-state index is -3.44. The van der Waals surface area contributed by atoms with Gasteiger partial charge in [0.2, 0.25) is 11.8 Å². The van der Waals surface area contributed by atoms with Gasteiger partial charge in [-0.05, 0) is 81.5 Å². The fourth-order valence-electron chi connectivity index (χ4n) is 6.11. The van der Waals surface area contributed by atoms with Crippen molar-refractivity contribution in [3.63, 3.8) is 0 Å². The maximum atomic E-state index is 14.4. The molecule has 2 amide bonds. The van der Waals surface area contributed by atoms with Crippen molar-refractivity contribution in [2.24, 2.45) is 5.92 Å². The summed E-state index contributed by atoms with van der Waals surface area (Å²) in [5.41, 5.74) is 4.62. The van der Waals surface area contributed by atoms with E-state index in [1.165, 1.54) is 4.90 Å². The van der Waals surface area contributed by atoms with Gasteiger partial charge in [-0.2, -0.15) is 0 Å². The molecule has 0 radical (unpaired) electrons. The van der Waals surface area contributed by atoms with E-state index in [0.29, 0.717) is 17.4 Å². The Morgan fingerprint density at radius 1 is 1.13 bits per heavy atom. The minimum absolute atomic E-state index is 0.00372. The molecule has 0 saturated carbocycles. The van der Waals surface area contributed by atoms with Crippen molar-refractivity contribution < 1.29 is 46.3 Å². The number of thiazole rings is 1. The van der Waals surface area contributed by atoms with Gasteiger partial charge in [0.25, 0.3) is 5.88 Å². The summed E-state index contributed by atoms with van der Waals surface area (Å²) in [6.07, 6.45) is -1.87. The van der Waals surface area contributed by atoms with Crippen LogP contribution in [0.5, 0.6) is 5.88 Å². The van der Waals surface area contributed by atoms with Gasteiger partial charge in [0.15, 0.2) is 14.6 Å². The normalized spacial score (nSPS) is 18.5. The Hall–Kier alpha value is -3.67. The first kappa shape index (κ1) is 43.1. The smallest absolute Gasteiger partial charge is 0.473 e. The number of benzene rings is 1. The third-order valence-electron chi connectivity index (χ3n) is 9.17. The summed E-state index contributed by atoms with van der Waals surface area (Å²) in [6.45, 7) is 16.8. The van der Waals surface area contributed by atoms with Gasteiger partial charge in [0.1, 0.15) is 30.8 Å². The molecule has 1 aliphatic rings. The highest BCUT2D eigenvalue weighted by molar-refractivity contribution is 8.72. The lowest BCUT2D eigenvalue weighted by Crippen LogP contribution is -2.48. The van der Waals surface area contributed by atoms with Gasteiger partial charge in [-0.1, -0.05) is 38.1 Å². The number of nitrogens with zero attached hydrogens (tertiary/aromatic N) is 3. The molecule has 1 N–H and O–H groups in total. The number of aryl methyl sites for hydroxylation is 1. The molecule has 1 aromatic carbocycles. The van der Waals surface area contributed by atoms with Crippen LogP contribution in [-0.4, -0.2) is 96.5 Å². The van der Waals surface area contributed by atoms with Crippen molar-refractivity contribution in [1.82, 2.24) is 20.4 Å². The molecule has 0 spiro atoms. The molecule has 298 valence electrons. The van der Waals surface area contributed by atoms with E-state index in [2.05, 4.69) is 15.5 Å². The van der Waals surface area contributed by atoms with Gasteiger partial charge < -0.3 is 33.7 Å².